The minimum absolute atomic E-state index is 0.431. The number of rotatable bonds is 3. The maximum atomic E-state index is 6.01. The summed E-state index contributed by atoms with van der Waals surface area (Å²) in [4.78, 5) is 0. The van der Waals surface area contributed by atoms with E-state index in [2.05, 4.69) is 11.9 Å². The van der Waals surface area contributed by atoms with Gasteiger partial charge in [0.1, 0.15) is 5.82 Å². The molecule has 0 radical (unpaired) electrons. The Morgan fingerprint density at radius 2 is 1.93 bits per heavy atom. The van der Waals surface area contributed by atoms with Crippen LogP contribution in [-0.4, -0.2) is 7.05 Å². The van der Waals surface area contributed by atoms with Gasteiger partial charge in [0.15, 0.2) is 0 Å². The lowest BCUT2D eigenvalue weighted by Gasteiger charge is -2.07. The minimum atomic E-state index is 0.431. The molecule has 1 rings (SSSR count). The lowest BCUT2D eigenvalue weighted by Crippen LogP contribution is -2.16. The molecule has 0 aliphatic carbocycles. The third kappa shape index (κ3) is 2.30. The molecule has 0 atom stereocenters. The molecule has 0 aromatic heterocycles. The fraction of sp³-hybridized carbons (Fsp3) is 0.0909. The van der Waals surface area contributed by atoms with Crippen LogP contribution < -0.4 is 11.1 Å². The Balaban J connectivity index is 2.98. The third-order valence-electron chi connectivity index (χ3n) is 1.89. The molecule has 74 valence electrons. The maximum Gasteiger partial charge on any atom is 0.116 e. The quantitative estimate of drug-likeness (QED) is 0.749. The molecule has 1 aromatic rings. The topological polar surface area (TPSA) is 38.0 Å². The monoisotopic (exact) mass is 208 g/mol. The summed E-state index contributed by atoms with van der Waals surface area (Å²) in [7, 11) is 1.72. The van der Waals surface area contributed by atoms with Gasteiger partial charge in [-0.15, -0.1) is 0 Å². The second-order valence-corrected chi connectivity index (χ2v) is 3.20. The van der Waals surface area contributed by atoms with Crippen LogP contribution in [0.25, 0.3) is 5.57 Å². The van der Waals surface area contributed by atoms with Crippen LogP contribution >= 0.6 is 11.6 Å². The number of halogens is 1. The fourth-order valence-corrected chi connectivity index (χ4v) is 1.24. The van der Waals surface area contributed by atoms with E-state index in [1.807, 2.05) is 30.3 Å². The van der Waals surface area contributed by atoms with Gasteiger partial charge in [0.05, 0.1) is 5.03 Å². The zero-order valence-corrected chi connectivity index (χ0v) is 8.81. The average molecular weight is 209 g/mol. The third-order valence-corrected chi connectivity index (χ3v) is 2.32. The van der Waals surface area contributed by atoms with Gasteiger partial charge in [-0.05, 0) is 11.1 Å². The molecule has 0 aliphatic rings. The summed E-state index contributed by atoms with van der Waals surface area (Å²) in [5, 5.41) is 3.24. The predicted octanol–water partition coefficient (Wildman–Crippen LogP) is 2.29. The molecule has 0 bridgehead atoms. The maximum absolute atomic E-state index is 6.01. The molecule has 14 heavy (non-hydrogen) atoms. The van der Waals surface area contributed by atoms with Gasteiger partial charge in [-0.3, -0.25) is 0 Å². The minimum Gasteiger partial charge on any atom is -0.384 e. The molecule has 0 heterocycles. The summed E-state index contributed by atoms with van der Waals surface area (Å²) in [6, 6.07) is 9.68. The van der Waals surface area contributed by atoms with Gasteiger partial charge < -0.3 is 11.1 Å². The first-order valence-electron chi connectivity index (χ1n) is 4.24. The van der Waals surface area contributed by atoms with E-state index in [9.17, 15) is 0 Å². The largest absolute Gasteiger partial charge is 0.384 e. The smallest absolute Gasteiger partial charge is 0.116 e. The highest BCUT2D eigenvalue weighted by molar-refractivity contribution is 6.37. The first-order valence-corrected chi connectivity index (χ1v) is 4.62. The van der Waals surface area contributed by atoms with E-state index < -0.39 is 0 Å². The van der Waals surface area contributed by atoms with E-state index >= 15 is 0 Å². The Kier molecular flexibility index (Phi) is 3.60. The summed E-state index contributed by atoms with van der Waals surface area (Å²) in [6.07, 6.45) is 0. The van der Waals surface area contributed by atoms with E-state index in [4.69, 9.17) is 17.3 Å². The highest BCUT2D eigenvalue weighted by atomic mass is 35.5. The molecule has 0 fully saturated rings. The fourth-order valence-electron chi connectivity index (χ4n) is 1.04. The number of hydrogen-bond acceptors (Lipinski definition) is 2. The SMILES string of the molecule is C=C(/C(Cl)=C(/N)NC)c1ccccc1. The lowest BCUT2D eigenvalue weighted by molar-refractivity contribution is 0.962. The molecular weight excluding hydrogens is 196 g/mol. The van der Waals surface area contributed by atoms with Crippen molar-refractivity contribution in [2.45, 2.75) is 0 Å². The van der Waals surface area contributed by atoms with Crippen molar-refractivity contribution in [2.75, 3.05) is 7.05 Å². The number of allylic oxidation sites excluding steroid dienone is 2. The van der Waals surface area contributed by atoms with E-state index in [1.165, 1.54) is 0 Å². The van der Waals surface area contributed by atoms with Crippen LogP contribution in [-0.2, 0) is 0 Å². The standard InChI is InChI=1S/C11H13ClN2/c1-8(10(12)11(13)14-2)9-6-4-3-5-7-9/h3-7,14H,1,13H2,2H3/b11-10+. The molecule has 2 nitrogen and oxygen atoms in total. The van der Waals surface area contributed by atoms with Crippen LogP contribution in [0.15, 0.2) is 47.8 Å². The second-order valence-electron chi connectivity index (χ2n) is 2.82. The van der Waals surface area contributed by atoms with Crippen LogP contribution in [0.3, 0.4) is 0 Å². The molecule has 0 spiro atoms. The summed E-state index contributed by atoms with van der Waals surface area (Å²) >= 11 is 6.01. The van der Waals surface area contributed by atoms with E-state index in [1.54, 1.807) is 7.05 Å². The molecule has 1 aromatic carbocycles. The molecule has 0 saturated heterocycles. The van der Waals surface area contributed by atoms with Gasteiger partial charge in [-0.1, -0.05) is 48.5 Å². The lowest BCUT2D eigenvalue weighted by atomic mass is 10.1. The van der Waals surface area contributed by atoms with Crippen molar-refractivity contribution in [3.05, 3.63) is 53.3 Å². The van der Waals surface area contributed by atoms with Gasteiger partial charge in [0.25, 0.3) is 0 Å². The van der Waals surface area contributed by atoms with Gasteiger partial charge in [-0.2, -0.15) is 0 Å². The molecular formula is C11H13ClN2. The van der Waals surface area contributed by atoms with Gasteiger partial charge in [0.2, 0.25) is 0 Å². The molecule has 0 amide bonds. The first-order chi connectivity index (χ1) is 6.66. The zero-order chi connectivity index (χ0) is 10.6. The van der Waals surface area contributed by atoms with Crippen molar-refractivity contribution in [1.82, 2.24) is 5.32 Å². The van der Waals surface area contributed by atoms with Crippen LogP contribution in [0.5, 0.6) is 0 Å². The van der Waals surface area contributed by atoms with Gasteiger partial charge in [-0.25, -0.2) is 0 Å². The summed E-state index contributed by atoms with van der Waals surface area (Å²) in [5.74, 6) is 0.431. The van der Waals surface area contributed by atoms with Crippen LogP contribution in [0.2, 0.25) is 0 Å². The van der Waals surface area contributed by atoms with Crippen molar-refractivity contribution < 1.29 is 0 Å². The second kappa shape index (κ2) is 4.72. The van der Waals surface area contributed by atoms with Crippen LogP contribution in [0.4, 0.5) is 0 Å². The summed E-state index contributed by atoms with van der Waals surface area (Å²) in [5.41, 5.74) is 7.32. The Morgan fingerprint density at radius 1 is 1.36 bits per heavy atom. The van der Waals surface area contributed by atoms with E-state index in [0.29, 0.717) is 10.9 Å². The predicted molar refractivity (Wildman–Crippen MR) is 61.6 cm³/mol. The van der Waals surface area contributed by atoms with Crippen molar-refractivity contribution in [1.29, 1.82) is 0 Å². The molecule has 0 aliphatic heterocycles. The number of benzene rings is 1. The van der Waals surface area contributed by atoms with Crippen molar-refractivity contribution in [3.63, 3.8) is 0 Å². The van der Waals surface area contributed by atoms with Gasteiger partial charge in [0, 0.05) is 7.05 Å². The summed E-state index contributed by atoms with van der Waals surface area (Å²) < 4.78 is 0. The van der Waals surface area contributed by atoms with Crippen LogP contribution in [0.1, 0.15) is 5.56 Å². The van der Waals surface area contributed by atoms with Gasteiger partial charge >= 0.3 is 0 Å². The average Bonchev–Trinajstić information content (AvgIpc) is 2.27. The highest BCUT2D eigenvalue weighted by Gasteiger charge is 2.05. The van der Waals surface area contributed by atoms with E-state index in [0.717, 1.165) is 11.1 Å². The number of hydrogen-bond donors (Lipinski definition) is 2. The highest BCUT2D eigenvalue weighted by Crippen LogP contribution is 2.24. The normalized spacial score (nSPS) is 11.9. The van der Waals surface area contributed by atoms with Crippen LogP contribution in [0, 0.1) is 0 Å². The van der Waals surface area contributed by atoms with Crippen molar-refractivity contribution >= 4 is 17.2 Å². The Labute approximate surface area is 89.1 Å². The molecule has 3 heteroatoms. The van der Waals surface area contributed by atoms with E-state index in [-0.39, 0.29) is 0 Å². The Bertz CT molecular complexity index is 355. The number of nitrogens with one attached hydrogen (secondary N) is 1. The first kappa shape index (κ1) is 10.7. The zero-order valence-electron chi connectivity index (χ0n) is 8.05. The molecule has 0 unspecified atom stereocenters. The summed E-state index contributed by atoms with van der Waals surface area (Å²) in [6.45, 7) is 3.88. The Hall–Kier alpha value is -1.41. The Morgan fingerprint density at radius 3 is 2.43 bits per heavy atom. The molecule has 0 saturated carbocycles. The van der Waals surface area contributed by atoms with Crippen molar-refractivity contribution in [2.24, 2.45) is 5.73 Å². The van der Waals surface area contributed by atoms with Crippen molar-refractivity contribution in [3.8, 4) is 0 Å². The molecule has 3 N–H and O–H groups in total. The number of nitrogens with two attached hydrogens (primary N) is 1.